The summed E-state index contributed by atoms with van der Waals surface area (Å²) in [6, 6.07) is 24.9. The molecule has 0 saturated heterocycles. The van der Waals surface area contributed by atoms with Crippen LogP contribution in [0.5, 0.6) is 11.5 Å². The smallest absolute Gasteiger partial charge is 0.341 e. The molecular weight excluding hydrogens is 406 g/mol. The zero-order valence-electron chi connectivity index (χ0n) is 17.4. The van der Waals surface area contributed by atoms with Crippen LogP contribution >= 0.6 is 0 Å². The van der Waals surface area contributed by atoms with E-state index in [4.69, 9.17) is 24.0 Å². The highest BCUT2D eigenvalue weighted by molar-refractivity contribution is 5.79. The summed E-state index contributed by atoms with van der Waals surface area (Å²) in [6.45, 7) is -0.454. The zero-order valence-corrected chi connectivity index (χ0v) is 17.4. The number of nitrogens with zero attached hydrogens (tertiary/aromatic N) is 1. The number of hydrogen-bond donors (Lipinski definition) is 1. The van der Waals surface area contributed by atoms with Gasteiger partial charge in [0.2, 0.25) is 5.89 Å². The van der Waals surface area contributed by atoms with Crippen molar-refractivity contribution in [1.29, 1.82) is 0 Å². The van der Waals surface area contributed by atoms with Gasteiger partial charge in [0.05, 0.1) is 7.11 Å². The summed E-state index contributed by atoms with van der Waals surface area (Å²) < 4.78 is 16.9. The molecule has 160 valence electrons. The third-order valence-electron chi connectivity index (χ3n) is 4.70. The molecule has 6 nitrogen and oxygen atoms in total. The fourth-order valence-corrected chi connectivity index (χ4v) is 3.28. The number of carboxylic acid groups (broad SMARTS) is 1. The molecule has 0 unspecified atom stereocenters. The Labute approximate surface area is 185 Å². The van der Waals surface area contributed by atoms with E-state index in [2.05, 4.69) is 0 Å². The van der Waals surface area contributed by atoms with Crippen molar-refractivity contribution < 1.29 is 23.8 Å². The molecule has 4 rings (SSSR count). The molecule has 6 heteroatoms. The quantitative estimate of drug-likeness (QED) is 0.391. The maximum atomic E-state index is 10.8. The van der Waals surface area contributed by atoms with E-state index in [-0.39, 0.29) is 0 Å². The number of aromatic nitrogens is 1. The topological polar surface area (TPSA) is 81.8 Å². The number of aliphatic carboxylic acids is 1. The third-order valence-corrected chi connectivity index (χ3v) is 4.70. The van der Waals surface area contributed by atoms with Crippen LogP contribution in [0.1, 0.15) is 11.5 Å². The molecule has 0 spiro atoms. The van der Waals surface area contributed by atoms with Crippen LogP contribution in [0.15, 0.2) is 83.3 Å². The Balaban J connectivity index is 1.70. The Morgan fingerprint density at radius 2 is 1.62 bits per heavy atom. The van der Waals surface area contributed by atoms with E-state index in [1.807, 2.05) is 66.7 Å². The highest BCUT2D eigenvalue weighted by Gasteiger charge is 2.16. The van der Waals surface area contributed by atoms with Gasteiger partial charge >= 0.3 is 5.97 Å². The molecule has 0 bridgehead atoms. The summed E-state index contributed by atoms with van der Waals surface area (Å²) in [7, 11) is 1.51. The third kappa shape index (κ3) is 4.70. The Morgan fingerprint density at radius 1 is 0.938 bits per heavy atom. The summed E-state index contributed by atoms with van der Waals surface area (Å²) in [6.07, 6.45) is 3.54. The largest absolute Gasteiger partial charge is 0.492 e. The lowest BCUT2D eigenvalue weighted by Crippen LogP contribution is -2.10. The molecule has 0 aliphatic rings. The molecule has 4 aromatic rings. The minimum Gasteiger partial charge on any atom is -0.492 e. The van der Waals surface area contributed by atoms with Crippen LogP contribution in [0.3, 0.4) is 0 Å². The lowest BCUT2D eigenvalue weighted by molar-refractivity contribution is -0.139. The van der Waals surface area contributed by atoms with Gasteiger partial charge in [-0.15, -0.1) is 0 Å². The van der Waals surface area contributed by atoms with E-state index in [9.17, 15) is 4.79 Å². The minimum atomic E-state index is -1.06. The number of methoxy groups -OCH3 is 1. The van der Waals surface area contributed by atoms with Crippen LogP contribution in [0, 0.1) is 0 Å². The average Bonchev–Trinajstić information content (AvgIpc) is 3.27. The first-order valence-electron chi connectivity index (χ1n) is 9.97. The highest BCUT2D eigenvalue weighted by atomic mass is 16.5. The predicted molar refractivity (Wildman–Crippen MR) is 122 cm³/mol. The van der Waals surface area contributed by atoms with Crippen molar-refractivity contribution in [2.45, 2.75) is 0 Å². The minimum absolute atomic E-state index is 0.347. The van der Waals surface area contributed by atoms with Gasteiger partial charge in [0.15, 0.2) is 23.9 Å². The predicted octanol–water partition coefficient (Wildman–Crippen LogP) is 5.65. The fourth-order valence-electron chi connectivity index (χ4n) is 3.28. The van der Waals surface area contributed by atoms with Crippen LogP contribution in [0.2, 0.25) is 0 Å². The Bertz CT molecular complexity index is 1170. The van der Waals surface area contributed by atoms with Crippen molar-refractivity contribution in [3.8, 4) is 34.1 Å². The van der Waals surface area contributed by atoms with Gasteiger partial charge in [-0.3, -0.25) is 0 Å². The maximum Gasteiger partial charge on any atom is 0.341 e. The molecule has 0 saturated carbocycles. The molecule has 32 heavy (non-hydrogen) atoms. The van der Waals surface area contributed by atoms with Crippen molar-refractivity contribution in [2.75, 3.05) is 13.7 Å². The van der Waals surface area contributed by atoms with Crippen LogP contribution in [-0.4, -0.2) is 29.8 Å². The number of benzene rings is 3. The van der Waals surface area contributed by atoms with Crippen molar-refractivity contribution >= 4 is 18.1 Å². The lowest BCUT2D eigenvalue weighted by atomic mass is 10.1. The van der Waals surface area contributed by atoms with E-state index in [0.717, 1.165) is 16.8 Å². The van der Waals surface area contributed by atoms with E-state index >= 15 is 0 Å². The molecule has 0 fully saturated rings. The number of carboxylic acids is 1. The van der Waals surface area contributed by atoms with E-state index in [0.29, 0.717) is 28.7 Å². The Kier molecular flexibility index (Phi) is 6.32. The fraction of sp³-hybridized carbons (Fsp3) is 0.0769. The standard InChI is InChI=1S/C26H21NO5/c1-30-25-20(13-8-14-21(25)31-17-23(28)29)15-16-22-27-24(18-9-4-2-5-10-18)26(32-22)19-11-6-3-7-12-19/h2-16H,17H2,1H3,(H,28,29)/b16-15+. The second kappa shape index (κ2) is 9.66. The number of ether oxygens (including phenoxy) is 2. The van der Waals surface area contributed by atoms with Gasteiger partial charge in [0.25, 0.3) is 0 Å². The molecule has 1 aromatic heterocycles. The molecule has 1 heterocycles. The second-order valence-electron chi connectivity index (χ2n) is 6.86. The highest BCUT2D eigenvalue weighted by Crippen LogP contribution is 2.35. The van der Waals surface area contributed by atoms with Crippen LogP contribution in [0.4, 0.5) is 0 Å². The summed E-state index contributed by atoms with van der Waals surface area (Å²) in [4.78, 5) is 15.5. The van der Waals surface area contributed by atoms with Crippen LogP contribution < -0.4 is 9.47 Å². The first-order valence-corrected chi connectivity index (χ1v) is 9.97. The number of rotatable bonds is 8. The van der Waals surface area contributed by atoms with Gasteiger partial charge < -0.3 is 19.0 Å². The first kappa shape index (κ1) is 20.9. The molecule has 0 amide bonds. The molecule has 0 atom stereocenters. The molecule has 1 N–H and O–H groups in total. The summed E-state index contributed by atoms with van der Waals surface area (Å²) in [5.74, 6) is 0.834. The Hall–Kier alpha value is -4.32. The first-order chi connectivity index (χ1) is 15.7. The molecule has 0 aliphatic carbocycles. The van der Waals surface area contributed by atoms with Gasteiger partial charge in [-0.05, 0) is 12.1 Å². The monoisotopic (exact) mass is 427 g/mol. The second-order valence-corrected chi connectivity index (χ2v) is 6.86. The van der Waals surface area contributed by atoms with E-state index in [1.54, 1.807) is 24.3 Å². The van der Waals surface area contributed by atoms with Crippen molar-refractivity contribution in [3.05, 3.63) is 90.3 Å². The van der Waals surface area contributed by atoms with E-state index < -0.39 is 12.6 Å². The van der Waals surface area contributed by atoms with Crippen molar-refractivity contribution in [3.63, 3.8) is 0 Å². The van der Waals surface area contributed by atoms with Gasteiger partial charge in [0.1, 0.15) is 5.69 Å². The van der Waals surface area contributed by atoms with Gasteiger partial charge in [-0.1, -0.05) is 72.8 Å². The van der Waals surface area contributed by atoms with Crippen LogP contribution in [0.25, 0.3) is 34.7 Å². The normalized spacial score (nSPS) is 10.9. The maximum absolute atomic E-state index is 10.8. The number of hydrogen-bond acceptors (Lipinski definition) is 5. The summed E-state index contributed by atoms with van der Waals surface area (Å²) in [5, 5.41) is 8.88. The number of carbonyl (C=O) groups is 1. The lowest BCUT2D eigenvalue weighted by Gasteiger charge is -2.11. The van der Waals surface area contributed by atoms with Gasteiger partial charge in [-0.2, -0.15) is 0 Å². The van der Waals surface area contributed by atoms with E-state index in [1.165, 1.54) is 7.11 Å². The Morgan fingerprint density at radius 3 is 2.28 bits per heavy atom. The van der Waals surface area contributed by atoms with Crippen LogP contribution in [-0.2, 0) is 4.79 Å². The summed E-state index contributed by atoms with van der Waals surface area (Å²) in [5.41, 5.74) is 3.34. The summed E-state index contributed by atoms with van der Waals surface area (Å²) >= 11 is 0. The van der Waals surface area contributed by atoms with Gasteiger partial charge in [0, 0.05) is 22.8 Å². The number of para-hydroxylation sites is 1. The average molecular weight is 427 g/mol. The van der Waals surface area contributed by atoms with Crippen molar-refractivity contribution in [1.82, 2.24) is 4.98 Å². The molecular formula is C26H21NO5. The number of oxazole rings is 1. The molecule has 0 radical (unpaired) electrons. The zero-order chi connectivity index (χ0) is 22.3. The molecule has 3 aromatic carbocycles. The SMILES string of the molecule is COc1c(/C=C/c2nc(-c3ccccc3)c(-c3ccccc3)o2)cccc1OCC(=O)O. The van der Waals surface area contributed by atoms with Crippen molar-refractivity contribution in [2.24, 2.45) is 0 Å². The van der Waals surface area contributed by atoms with Gasteiger partial charge in [-0.25, -0.2) is 9.78 Å². The molecule has 0 aliphatic heterocycles.